The fraction of sp³-hybridized carbons (Fsp3) is 0.235. The van der Waals surface area contributed by atoms with Crippen molar-refractivity contribution < 1.29 is 4.79 Å². The Bertz CT molecular complexity index is 795. The summed E-state index contributed by atoms with van der Waals surface area (Å²) in [4.78, 5) is 12.6. The monoisotopic (exact) mass is 279 g/mol. The fourth-order valence-corrected chi connectivity index (χ4v) is 2.90. The van der Waals surface area contributed by atoms with Gasteiger partial charge in [-0.25, -0.2) is 0 Å². The molecule has 1 aromatic carbocycles. The number of amides is 1. The lowest BCUT2D eigenvalue weighted by Gasteiger charge is -2.27. The van der Waals surface area contributed by atoms with Gasteiger partial charge in [0, 0.05) is 11.8 Å². The molecule has 0 saturated heterocycles. The minimum absolute atomic E-state index is 0.0231. The Balaban J connectivity index is 1.61. The van der Waals surface area contributed by atoms with Gasteiger partial charge in [-0.3, -0.25) is 14.2 Å². The molecule has 0 saturated carbocycles. The van der Waals surface area contributed by atoms with Crippen LogP contribution in [0, 0.1) is 0 Å². The summed E-state index contributed by atoms with van der Waals surface area (Å²) in [5.74, 6) is -0.0231. The lowest BCUT2D eigenvalue weighted by Crippen LogP contribution is -2.40. The van der Waals surface area contributed by atoms with Gasteiger partial charge >= 0.3 is 0 Å². The van der Waals surface area contributed by atoms with Gasteiger partial charge in [-0.15, -0.1) is 0 Å². The first kappa shape index (κ1) is 12.3. The van der Waals surface area contributed by atoms with Crippen LogP contribution >= 0.6 is 0 Å². The molecule has 1 aliphatic carbocycles. The second-order valence-electron chi connectivity index (χ2n) is 6.10. The number of carbonyl (C=O) groups excluding carboxylic acids is 1. The van der Waals surface area contributed by atoms with Crippen LogP contribution in [-0.2, 0) is 12.2 Å². The Hall–Kier alpha value is -2.49. The molecule has 3 aliphatic rings. The number of nitrogens with one attached hydrogen (secondary N) is 1. The highest BCUT2D eigenvalue weighted by atomic mass is 16.1. The molecule has 0 radical (unpaired) electrons. The van der Waals surface area contributed by atoms with Crippen molar-refractivity contribution in [3.05, 3.63) is 59.8 Å². The molecule has 0 spiro atoms. The van der Waals surface area contributed by atoms with Gasteiger partial charge in [-0.05, 0) is 31.5 Å². The molecule has 4 heteroatoms. The summed E-state index contributed by atoms with van der Waals surface area (Å²) < 4.78 is 4.25. The van der Waals surface area contributed by atoms with Gasteiger partial charge in [0.1, 0.15) is 6.67 Å². The number of hydrogen-bond acceptors (Lipinski definition) is 1. The van der Waals surface area contributed by atoms with Crippen LogP contribution in [0.4, 0.5) is 0 Å². The Labute approximate surface area is 123 Å². The first-order valence-corrected chi connectivity index (χ1v) is 7.13. The molecule has 21 heavy (non-hydrogen) atoms. The van der Waals surface area contributed by atoms with E-state index in [1.165, 1.54) is 0 Å². The van der Waals surface area contributed by atoms with E-state index in [1.54, 1.807) is 0 Å². The van der Waals surface area contributed by atoms with E-state index in [-0.39, 0.29) is 5.91 Å². The van der Waals surface area contributed by atoms with Crippen molar-refractivity contribution in [2.45, 2.75) is 26.1 Å². The molecule has 1 N–H and O–H groups in total. The molecule has 2 heterocycles. The molecule has 0 atom stereocenters. The molecule has 2 aliphatic heterocycles. The van der Waals surface area contributed by atoms with Crippen LogP contribution in [0.25, 0.3) is 11.3 Å². The average molecular weight is 279 g/mol. The fourth-order valence-electron chi connectivity index (χ4n) is 2.90. The summed E-state index contributed by atoms with van der Waals surface area (Å²) in [6.45, 7) is 4.99. The average Bonchev–Trinajstić information content (AvgIpc) is 2.94. The van der Waals surface area contributed by atoms with E-state index >= 15 is 0 Å². The predicted octanol–water partition coefficient (Wildman–Crippen LogP) is 2.88. The second kappa shape index (κ2) is 4.01. The van der Waals surface area contributed by atoms with Crippen LogP contribution in [0.15, 0.2) is 48.7 Å². The van der Waals surface area contributed by atoms with Crippen molar-refractivity contribution in [3.63, 3.8) is 0 Å². The first-order chi connectivity index (χ1) is 10.1. The van der Waals surface area contributed by atoms with Crippen LogP contribution < -0.4 is 5.32 Å². The molecule has 0 aromatic heterocycles. The van der Waals surface area contributed by atoms with E-state index in [0.29, 0.717) is 0 Å². The quantitative estimate of drug-likeness (QED) is 0.615. The molecule has 0 bridgehead atoms. The van der Waals surface area contributed by atoms with Crippen molar-refractivity contribution in [2.24, 2.45) is 0 Å². The molecule has 4 rings (SSSR count). The third-order valence-electron chi connectivity index (χ3n) is 4.20. The lowest BCUT2D eigenvalue weighted by molar-refractivity contribution is 0.0913. The Kier molecular flexibility index (Phi) is 2.34. The zero-order valence-corrected chi connectivity index (χ0v) is 12.1. The third-order valence-corrected chi connectivity index (χ3v) is 4.20. The third kappa shape index (κ3) is 1.87. The number of nitrogens with zero attached hydrogens (tertiary/aromatic N) is 2. The van der Waals surface area contributed by atoms with E-state index in [2.05, 4.69) is 14.7 Å². The van der Waals surface area contributed by atoms with Gasteiger partial charge in [-0.2, -0.15) is 0 Å². The number of carbonyl (C=O) groups is 1. The summed E-state index contributed by atoms with van der Waals surface area (Å²) in [6.07, 6.45) is 2.04. The van der Waals surface area contributed by atoms with Gasteiger partial charge in [0.25, 0.3) is 5.91 Å². The topological polar surface area (TPSA) is 39.0 Å². The van der Waals surface area contributed by atoms with Crippen molar-refractivity contribution in [3.8, 4) is 11.3 Å². The standard InChI is InChI=1S/C17H17N3O/c1-17(2,12-6-4-3-5-7-12)18-16(21)13-8-9-15-14(13)10-19-11-20(15)19/h3-10H,11H2,1-2H3,(H,18,21). The molecule has 1 amide bonds. The minimum Gasteiger partial charge on any atom is -0.343 e. The predicted molar refractivity (Wildman–Crippen MR) is 81.4 cm³/mol. The van der Waals surface area contributed by atoms with E-state index in [0.717, 1.165) is 29.1 Å². The maximum absolute atomic E-state index is 12.6. The molecule has 1 aromatic rings. The first-order valence-electron chi connectivity index (χ1n) is 7.13. The van der Waals surface area contributed by atoms with Crippen molar-refractivity contribution in [1.29, 1.82) is 0 Å². The summed E-state index contributed by atoms with van der Waals surface area (Å²) in [7, 11) is 0. The van der Waals surface area contributed by atoms with E-state index in [4.69, 9.17) is 0 Å². The van der Waals surface area contributed by atoms with E-state index < -0.39 is 5.54 Å². The van der Waals surface area contributed by atoms with Crippen molar-refractivity contribution >= 4 is 5.91 Å². The lowest BCUT2D eigenvalue weighted by atomic mass is 9.94. The van der Waals surface area contributed by atoms with Gasteiger partial charge in [-0.1, -0.05) is 30.3 Å². The Morgan fingerprint density at radius 2 is 1.90 bits per heavy atom. The number of aromatic nitrogens is 2. The van der Waals surface area contributed by atoms with Crippen LogP contribution in [0.2, 0.25) is 0 Å². The van der Waals surface area contributed by atoms with Crippen LogP contribution in [0.5, 0.6) is 0 Å². The highest BCUT2D eigenvalue weighted by molar-refractivity contribution is 6.02. The van der Waals surface area contributed by atoms with E-state index in [9.17, 15) is 4.79 Å². The second-order valence-corrected chi connectivity index (χ2v) is 6.10. The minimum atomic E-state index is -0.398. The largest absolute Gasteiger partial charge is 0.343 e. The maximum atomic E-state index is 12.6. The summed E-state index contributed by atoms with van der Waals surface area (Å²) >= 11 is 0. The highest BCUT2D eigenvalue weighted by Gasteiger charge is 2.30. The van der Waals surface area contributed by atoms with Crippen LogP contribution in [-0.4, -0.2) is 15.3 Å². The van der Waals surface area contributed by atoms with E-state index in [1.807, 2.05) is 62.5 Å². The Morgan fingerprint density at radius 1 is 1.14 bits per heavy atom. The van der Waals surface area contributed by atoms with Crippen molar-refractivity contribution in [1.82, 2.24) is 14.7 Å². The normalized spacial score (nSPS) is 13.2. The maximum Gasteiger partial charge on any atom is 0.252 e. The van der Waals surface area contributed by atoms with Gasteiger partial charge in [0.15, 0.2) is 0 Å². The molecular formula is C17H17N3O. The number of fused-ring (bicyclic) bond motifs is 3. The zero-order valence-electron chi connectivity index (χ0n) is 12.1. The van der Waals surface area contributed by atoms with Gasteiger partial charge in [0.05, 0.1) is 16.8 Å². The summed E-state index contributed by atoms with van der Waals surface area (Å²) in [5, 5.41) is 3.14. The molecular weight excluding hydrogens is 262 g/mol. The molecule has 0 unspecified atom stereocenters. The number of hydrogen-bond donors (Lipinski definition) is 1. The summed E-state index contributed by atoms with van der Waals surface area (Å²) in [5.41, 5.74) is 3.62. The highest BCUT2D eigenvalue weighted by Crippen LogP contribution is 2.34. The number of benzene rings is 1. The molecule has 106 valence electrons. The van der Waals surface area contributed by atoms with Crippen molar-refractivity contribution in [2.75, 3.05) is 0 Å². The summed E-state index contributed by atoms with van der Waals surface area (Å²) in [6, 6.07) is 14.0. The molecule has 0 fully saturated rings. The number of rotatable bonds is 3. The smallest absolute Gasteiger partial charge is 0.252 e. The Morgan fingerprint density at radius 3 is 2.67 bits per heavy atom. The zero-order chi connectivity index (χ0) is 14.6. The molecule has 4 nitrogen and oxygen atoms in total. The van der Waals surface area contributed by atoms with Crippen LogP contribution in [0.1, 0.15) is 29.8 Å². The van der Waals surface area contributed by atoms with Gasteiger partial charge < -0.3 is 5.32 Å². The van der Waals surface area contributed by atoms with Gasteiger partial charge in [0.2, 0.25) is 0 Å². The van der Waals surface area contributed by atoms with Crippen LogP contribution in [0.3, 0.4) is 0 Å². The SMILES string of the molecule is CC(C)(NC(=O)c1ccc2n3n(cc1-2)C3)c1ccccc1.